The SMILES string of the molecule is O=C(O)CN(CC1CC1)C(=O)N1CCC(O)C1. The van der Waals surface area contributed by atoms with Gasteiger partial charge in [0.15, 0.2) is 0 Å². The second-order valence-corrected chi connectivity index (χ2v) is 4.89. The van der Waals surface area contributed by atoms with E-state index < -0.39 is 12.1 Å². The van der Waals surface area contributed by atoms with E-state index in [4.69, 9.17) is 5.11 Å². The van der Waals surface area contributed by atoms with Crippen LogP contribution in [0.25, 0.3) is 0 Å². The molecule has 6 nitrogen and oxygen atoms in total. The molecule has 1 saturated heterocycles. The van der Waals surface area contributed by atoms with Crippen LogP contribution in [0.4, 0.5) is 4.79 Å². The van der Waals surface area contributed by atoms with Crippen LogP contribution in [0.5, 0.6) is 0 Å². The lowest BCUT2D eigenvalue weighted by atomic mass is 10.3. The van der Waals surface area contributed by atoms with Gasteiger partial charge in [0.05, 0.1) is 6.10 Å². The third kappa shape index (κ3) is 3.33. The van der Waals surface area contributed by atoms with Crippen LogP contribution in [-0.2, 0) is 4.79 Å². The average Bonchev–Trinajstić information content (AvgIpc) is 2.96. The van der Waals surface area contributed by atoms with Crippen LogP contribution in [0.15, 0.2) is 0 Å². The van der Waals surface area contributed by atoms with Gasteiger partial charge in [-0.05, 0) is 25.2 Å². The van der Waals surface area contributed by atoms with Gasteiger partial charge in [0.1, 0.15) is 6.54 Å². The van der Waals surface area contributed by atoms with E-state index in [2.05, 4.69) is 0 Å². The molecule has 2 amide bonds. The number of β-amino-alcohol motifs (C(OH)–C–C–N with tert-alkyl or cyclic N) is 1. The van der Waals surface area contributed by atoms with Crippen LogP contribution >= 0.6 is 0 Å². The molecule has 1 aliphatic heterocycles. The molecule has 1 atom stereocenters. The molecule has 2 rings (SSSR count). The highest BCUT2D eigenvalue weighted by atomic mass is 16.4. The number of amides is 2. The minimum absolute atomic E-state index is 0.248. The molecule has 2 N–H and O–H groups in total. The van der Waals surface area contributed by atoms with E-state index in [-0.39, 0.29) is 12.6 Å². The van der Waals surface area contributed by atoms with Crippen molar-refractivity contribution in [3.63, 3.8) is 0 Å². The minimum atomic E-state index is -0.987. The summed E-state index contributed by atoms with van der Waals surface area (Å²) < 4.78 is 0. The molecule has 0 bridgehead atoms. The first-order valence-electron chi connectivity index (χ1n) is 6.00. The molecular weight excluding hydrogens is 224 g/mol. The Balaban J connectivity index is 1.93. The molecule has 96 valence electrons. The summed E-state index contributed by atoms with van der Waals surface area (Å²) >= 11 is 0. The van der Waals surface area contributed by atoms with Crippen LogP contribution < -0.4 is 0 Å². The van der Waals surface area contributed by atoms with E-state index in [9.17, 15) is 14.7 Å². The second-order valence-electron chi connectivity index (χ2n) is 4.89. The quantitative estimate of drug-likeness (QED) is 0.725. The zero-order chi connectivity index (χ0) is 12.4. The molecule has 1 aliphatic carbocycles. The number of aliphatic hydroxyl groups is 1. The summed E-state index contributed by atoms with van der Waals surface area (Å²) in [7, 11) is 0. The predicted octanol–water partition coefficient (Wildman–Crippen LogP) is -0.0304. The standard InChI is InChI=1S/C11H18N2O4/c14-9-3-4-12(6-9)11(17)13(7-10(15)16)5-8-1-2-8/h8-9,14H,1-7H2,(H,15,16). The van der Waals surface area contributed by atoms with Crippen molar-refractivity contribution in [1.29, 1.82) is 0 Å². The summed E-state index contributed by atoms with van der Waals surface area (Å²) in [5.41, 5.74) is 0. The van der Waals surface area contributed by atoms with Crippen LogP contribution in [0, 0.1) is 5.92 Å². The fraction of sp³-hybridized carbons (Fsp3) is 0.818. The number of nitrogens with zero attached hydrogens (tertiary/aromatic N) is 2. The van der Waals surface area contributed by atoms with Crippen LogP contribution in [0.3, 0.4) is 0 Å². The molecule has 0 spiro atoms. The van der Waals surface area contributed by atoms with Crippen LogP contribution in [0.1, 0.15) is 19.3 Å². The number of likely N-dealkylation sites (tertiary alicyclic amines) is 1. The summed E-state index contributed by atoms with van der Waals surface area (Å²) in [4.78, 5) is 25.7. The molecule has 6 heteroatoms. The van der Waals surface area contributed by atoms with Gasteiger partial charge in [0.2, 0.25) is 0 Å². The van der Waals surface area contributed by atoms with Crippen molar-refractivity contribution in [2.45, 2.75) is 25.4 Å². The van der Waals surface area contributed by atoms with Crippen molar-refractivity contribution in [3.05, 3.63) is 0 Å². The van der Waals surface area contributed by atoms with Crippen molar-refractivity contribution in [3.8, 4) is 0 Å². The van der Waals surface area contributed by atoms with E-state index >= 15 is 0 Å². The lowest BCUT2D eigenvalue weighted by Gasteiger charge is -2.26. The summed E-state index contributed by atoms with van der Waals surface area (Å²) in [5, 5.41) is 18.2. The zero-order valence-electron chi connectivity index (χ0n) is 9.71. The predicted molar refractivity (Wildman–Crippen MR) is 59.5 cm³/mol. The second kappa shape index (κ2) is 4.91. The number of rotatable bonds is 4. The lowest BCUT2D eigenvalue weighted by molar-refractivity contribution is -0.137. The molecule has 2 fully saturated rings. The number of carbonyl (C=O) groups excluding carboxylic acids is 1. The maximum atomic E-state index is 12.1. The first-order chi connectivity index (χ1) is 8.06. The first kappa shape index (κ1) is 12.2. The van der Waals surface area contributed by atoms with Crippen molar-refractivity contribution in [2.24, 2.45) is 5.92 Å². The van der Waals surface area contributed by atoms with Gasteiger partial charge in [-0.25, -0.2) is 4.79 Å². The Morgan fingerprint density at radius 2 is 2.00 bits per heavy atom. The third-order valence-corrected chi connectivity index (χ3v) is 3.21. The van der Waals surface area contributed by atoms with Gasteiger partial charge < -0.3 is 20.0 Å². The molecule has 0 aromatic carbocycles. The maximum Gasteiger partial charge on any atom is 0.323 e. The number of carbonyl (C=O) groups is 2. The maximum absolute atomic E-state index is 12.1. The fourth-order valence-electron chi connectivity index (χ4n) is 2.10. The smallest absolute Gasteiger partial charge is 0.323 e. The van der Waals surface area contributed by atoms with E-state index in [1.54, 1.807) is 0 Å². The molecule has 0 aromatic rings. The Morgan fingerprint density at radius 3 is 2.47 bits per heavy atom. The van der Waals surface area contributed by atoms with Crippen molar-refractivity contribution in [1.82, 2.24) is 9.80 Å². The molecule has 2 aliphatic rings. The van der Waals surface area contributed by atoms with Crippen LogP contribution in [-0.4, -0.2) is 64.3 Å². The summed E-state index contributed by atoms with van der Waals surface area (Å²) in [6, 6.07) is -0.254. The molecule has 17 heavy (non-hydrogen) atoms. The monoisotopic (exact) mass is 242 g/mol. The van der Waals surface area contributed by atoms with Crippen molar-refractivity contribution >= 4 is 12.0 Å². The first-order valence-corrected chi connectivity index (χ1v) is 6.00. The van der Waals surface area contributed by atoms with Gasteiger partial charge >= 0.3 is 12.0 Å². The summed E-state index contributed by atoms with van der Waals surface area (Å²) in [6.45, 7) is 1.11. The van der Waals surface area contributed by atoms with Gasteiger partial charge in [-0.2, -0.15) is 0 Å². The Bertz CT molecular complexity index is 317. The number of carboxylic acids is 1. The number of hydrogen-bond acceptors (Lipinski definition) is 3. The zero-order valence-corrected chi connectivity index (χ0v) is 9.71. The van der Waals surface area contributed by atoms with E-state index in [0.717, 1.165) is 12.8 Å². The molecule has 1 unspecified atom stereocenters. The fourth-order valence-corrected chi connectivity index (χ4v) is 2.10. The van der Waals surface area contributed by atoms with Gasteiger partial charge in [-0.15, -0.1) is 0 Å². The molecule has 1 heterocycles. The average molecular weight is 242 g/mol. The van der Waals surface area contributed by atoms with Gasteiger partial charge in [-0.3, -0.25) is 4.79 Å². The Hall–Kier alpha value is -1.30. The number of hydrogen-bond donors (Lipinski definition) is 2. The lowest BCUT2D eigenvalue weighted by Crippen LogP contribution is -2.45. The van der Waals surface area contributed by atoms with Crippen LogP contribution in [0.2, 0.25) is 0 Å². The van der Waals surface area contributed by atoms with E-state index in [0.29, 0.717) is 32.0 Å². The highest BCUT2D eigenvalue weighted by Crippen LogP contribution is 2.30. The summed E-state index contributed by atoms with van der Waals surface area (Å²) in [5.74, 6) is -0.524. The highest BCUT2D eigenvalue weighted by molar-refractivity contribution is 5.80. The highest BCUT2D eigenvalue weighted by Gasteiger charge is 2.32. The van der Waals surface area contributed by atoms with Crippen molar-refractivity contribution < 1.29 is 19.8 Å². The van der Waals surface area contributed by atoms with Gasteiger partial charge in [0.25, 0.3) is 0 Å². The molecular formula is C11H18N2O4. The van der Waals surface area contributed by atoms with Gasteiger partial charge in [0, 0.05) is 19.6 Å². The normalized spacial score (nSPS) is 23.8. The third-order valence-electron chi connectivity index (χ3n) is 3.21. The van der Waals surface area contributed by atoms with E-state index in [1.165, 1.54) is 9.80 Å². The molecule has 1 saturated carbocycles. The Labute approximate surface area is 99.8 Å². The summed E-state index contributed by atoms with van der Waals surface area (Å²) in [6.07, 6.45) is 2.26. The molecule has 0 aromatic heterocycles. The largest absolute Gasteiger partial charge is 0.480 e. The number of aliphatic hydroxyl groups excluding tert-OH is 1. The molecule has 0 radical (unpaired) electrons. The number of carboxylic acid groups (broad SMARTS) is 1. The van der Waals surface area contributed by atoms with Gasteiger partial charge in [-0.1, -0.05) is 0 Å². The number of urea groups is 1. The Kier molecular flexibility index (Phi) is 3.51. The number of aliphatic carboxylic acids is 1. The minimum Gasteiger partial charge on any atom is -0.480 e. The van der Waals surface area contributed by atoms with E-state index in [1.807, 2.05) is 0 Å². The topological polar surface area (TPSA) is 81.1 Å². The van der Waals surface area contributed by atoms with Crippen molar-refractivity contribution in [2.75, 3.05) is 26.2 Å². The Morgan fingerprint density at radius 1 is 1.29 bits per heavy atom.